The first-order valence-corrected chi connectivity index (χ1v) is 3.89. The first kappa shape index (κ1) is 12.5. The van der Waals surface area contributed by atoms with Crippen molar-refractivity contribution < 1.29 is 24.1 Å². The zero-order valence-electron chi connectivity index (χ0n) is 8.10. The topological polar surface area (TPSA) is 65.0 Å². The van der Waals surface area contributed by atoms with E-state index in [0.717, 1.165) is 0 Å². The highest BCUT2D eigenvalue weighted by Crippen LogP contribution is 2.08. The molecule has 0 fully saturated rings. The van der Waals surface area contributed by atoms with E-state index in [1.807, 2.05) is 0 Å². The molecule has 0 saturated carbocycles. The lowest BCUT2D eigenvalue weighted by Crippen LogP contribution is -2.44. The summed E-state index contributed by atoms with van der Waals surface area (Å²) in [5, 5.41) is 8.89. The Morgan fingerprint density at radius 1 is 1.23 bits per heavy atom. The van der Waals surface area contributed by atoms with Gasteiger partial charge in [0, 0.05) is 21.3 Å². The van der Waals surface area contributed by atoms with Crippen LogP contribution in [0.1, 0.15) is 0 Å². The zero-order chi connectivity index (χ0) is 10.3. The van der Waals surface area contributed by atoms with Crippen LogP contribution in [-0.2, 0) is 19.0 Å². The van der Waals surface area contributed by atoms with E-state index in [0.29, 0.717) is 6.29 Å². The van der Waals surface area contributed by atoms with Crippen molar-refractivity contribution in [2.75, 3.05) is 27.9 Å². The predicted octanol–water partition coefficient (Wildman–Crippen LogP) is -0.777. The van der Waals surface area contributed by atoms with Gasteiger partial charge in [-0.05, 0) is 0 Å². The molecule has 0 aliphatic heterocycles. The highest BCUT2D eigenvalue weighted by atomic mass is 16.6. The fourth-order valence-corrected chi connectivity index (χ4v) is 1.08. The van der Waals surface area contributed by atoms with Gasteiger partial charge in [-0.1, -0.05) is 0 Å². The number of aliphatic hydroxyl groups is 1. The molecule has 0 rings (SSSR count). The van der Waals surface area contributed by atoms with Gasteiger partial charge in [0.2, 0.25) is 0 Å². The number of hydrogen-bond acceptors (Lipinski definition) is 5. The van der Waals surface area contributed by atoms with Gasteiger partial charge < -0.3 is 24.1 Å². The van der Waals surface area contributed by atoms with Crippen LogP contribution in [0.5, 0.6) is 0 Å². The molecule has 0 aromatic heterocycles. The molecule has 0 aliphatic carbocycles. The number of hydrogen-bond donors (Lipinski definition) is 1. The molecule has 0 bridgehead atoms. The molecule has 0 aromatic carbocycles. The summed E-state index contributed by atoms with van der Waals surface area (Å²) in [5.41, 5.74) is 0. The maximum absolute atomic E-state index is 10.5. The van der Waals surface area contributed by atoms with Crippen molar-refractivity contribution in [3.63, 3.8) is 0 Å². The van der Waals surface area contributed by atoms with E-state index in [1.54, 1.807) is 0 Å². The molecule has 0 aromatic rings. The fourth-order valence-electron chi connectivity index (χ4n) is 1.08. The minimum Gasteiger partial charge on any atom is -0.394 e. The largest absolute Gasteiger partial charge is 0.394 e. The van der Waals surface area contributed by atoms with Gasteiger partial charge in [-0.2, -0.15) is 0 Å². The second-order valence-electron chi connectivity index (χ2n) is 2.49. The number of aldehydes is 1. The fraction of sp³-hybridized carbons (Fsp3) is 0.875. The molecule has 0 saturated heterocycles. The average molecular weight is 192 g/mol. The summed E-state index contributed by atoms with van der Waals surface area (Å²) in [4.78, 5) is 10.5. The van der Waals surface area contributed by atoms with E-state index < -0.39 is 18.3 Å². The Bertz CT molecular complexity index is 134. The number of aliphatic hydroxyl groups excluding tert-OH is 1. The summed E-state index contributed by atoms with van der Waals surface area (Å²) < 4.78 is 14.8. The van der Waals surface area contributed by atoms with Crippen LogP contribution in [0.2, 0.25) is 0 Å². The van der Waals surface area contributed by atoms with Crippen molar-refractivity contribution in [2.45, 2.75) is 18.3 Å². The third-order valence-corrected chi connectivity index (χ3v) is 1.85. The van der Waals surface area contributed by atoms with Crippen LogP contribution in [0.15, 0.2) is 0 Å². The third kappa shape index (κ3) is 3.40. The number of ether oxygens (including phenoxy) is 3. The van der Waals surface area contributed by atoms with Crippen LogP contribution in [0.3, 0.4) is 0 Å². The molecule has 5 heteroatoms. The zero-order valence-corrected chi connectivity index (χ0v) is 8.10. The smallest absolute Gasteiger partial charge is 0.151 e. The maximum atomic E-state index is 10.5. The molecule has 0 radical (unpaired) electrons. The van der Waals surface area contributed by atoms with Gasteiger partial charge in [0.25, 0.3) is 0 Å². The Balaban J connectivity index is 4.34. The van der Waals surface area contributed by atoms with Crippen molar-refractivity contribution >= 4 is 6.29 Å². The predicted molar refractivity (Wildman–Crippen MR) is 45.5 cm³/mol. The summed E-state index contributed by atoms with van der Waals surface area (Å²) in [6.07, 6.45) is -1.24. The molecule has 3 atom stereocenters. The first-order valence-electron chi connectivity index (χ1n) is 3.89. The summed E-state index contributed by atoms with van der Waals surface area (Å²) in [7, 11) is 4.27. The van der Waals surface area contributed by atoms with Gasteiger partial charge in [-0.25, -0.2) is 0 Å². The van der Waals surface area contributed by atoms with Gasteiger partial charge in [0.15, 0.2) is 6.29 Å². The lowest BCUT2D eigenvalue weighted by atomic mass is 10.1. The molecular formula is C8H16O5. The van der Waals surface area contributed by atoms with E-state index in [1.165, 1.54) is 21.3 Å². The first-order chi connectivity index (χ1) is 6.24. The number of carbonyl (C=O) groups excluding carboxylic acids is 1. The van der Waals surface area contributed by atoms with Crippen molar-refractivity contribution in [3.05, 3.63) is 0 Å². The molecule has 0 unspecified atom stereocenters. The van der Waals surface area contributed by atoms with E-state index >= 15 is 0 Å². The van der Waals surface area contributed by atoms with E-state index in [-0.39, 0.29) is 6.61 Å². The molecule has 0 aliphatic rings. The van der Waals surface area contributed by atoms with Gasteiger partial charge in [0.05, 0.1) is 6.61 Å². The average Bonchev–Trinajstić information content (AvgIpc) is 2.18. The minimum absolute atomic E-state index is 0.220. The van der Waals surface area contributed by atoms with Crippen LogP contribution >= 0.6 is 0 Å². The van der Waals surface area contributed by atoms with Crippen molar-refractivity contribution in [1.82, 2.24) is 0 Å². The lowest BCUT2D eigenvalue weighted by Gasteiger charge is -2.26. The third-order valence-electron chi connectivity index (χ3n) is 1.85. The normalized spacial score (nSPS) is 17.8. The molecule has 1 N–H and O–H groups in total. The standard InChI is InChI=1S/C8H16O5/c1-11-6(4-9)8(13-3)7(5-10)12-2/h4,6-8,10H,5H2,1-3H3/t6-,7+,8+/m0/s1. The van der Waals surface area contributed by atoms with Crippen molar-refractivity contribution in [1.29, 1.82) is 0 Å². The Hall–Kier alpha value is -0.490. The molecule has 78 valence electrons. The van der Waals surface area contributed by atoms with Crippen molar-refractivity contribution in [3.8, 4) is 0 Å². The van der Waals surface area contributed by atoms with Gasteiger partial charge in [-0.3, -0.25) is 0 Å². The minimum atomic E-state index is -0.720. The van der Waals surface area contributed by atoms with Crippen LogP contribution in [0.25, 0.3) is 0 Å². The Kier molecular flexibility index (Phi) is 6.70. The van der Waals surface area contributed by atoms with Gasteiger partial charge in [-0.15, -0.1) is 0 Å². The summed E-state index contributed by atoms with van der Waals surface area (Å²) >= 11 is 0. The summed E-state index contributed by atoms with van der Waals surface area (Å²) in [6.45, 7) is -0.220. The Labute approximate surface area is 77.6 Å². The van der Waals surface area contributed by atoms with Crippen LogP contribution < -0.4 is 0 Å². The van der Waals surface area contributed by atoms with E-state index in [4.69, 9.17) is 19.3 Å². The highest BCUT2D eigenvalue weighted by Gasteiger charge is 2.29. The van der Waals surface area contributed by atoms with Crippen LogP contribution in [0.4, 0.5) is 0 Å². The SMILES string of the molecule is CO[C@H]([C@H](C=O)OC)[C@@H](CO)OC. The molecule has 13 heavy (non-hydrogen) atoms. The van der Waals surface area contributed by atoms with Crippen LogP contribution in [-0.4, -0.2) is 57.6 Å². The Morgan fingerprint density at radius 3 is 2.08 bits per heavy atom. The van der Waals surface area contributed by atoms with Gasteiger partial charge in [0.1, 0.15) is 18.3 Å². The van der Waals surface area contributed by atoms with Gasteiger partial charge >= 0.3 is 0 Å². The molecule has 0 amide bonds. The number of methoxy groups -OCH3 is 3. The van der Waals surface area contributed by atoms with Crippen molar-refractivity contribution in [2.24, 2.45) is 0 Å². The molecule has 5 nitrogen and oxygen atoms in total. The monoisotopic (exact) mass is 192 g/mol. The number of rotatable bonds is 7. The van der Waals surface area contributed by atoms with E-state index in [9.17, 15) is 4.79 Å². The second kappa shape index (κ2) is 6.97. The second-order valence-corrected chi connectivity index (χ2v) is 2.49. The quantitative estimate of drug-likeness (QED) is 0.536. The number of carbonyl (C=O) groups is 1. The maximum Gasteiger partial charge on any atom is 0.151 e. The molecule has 0 spiro atoms. The summed E-state index contributed by atoms with van der Waals surface area (Å²) in [5.74, 6) is 0. The van der Waals surface area contributed by atoms with Crippen LogP contribution in [0, 0.1) is 0 Å². The molecule has 0 heterocycles. The highest BCUT2D eigenvalue weighted by molar-refractivity contribution is 5.57. The lowest BCUT2D eigenvalue weighted by molar-refractivity contribution is -0.140. The Morgan fingerprint density at radius 2 is 1.85 bits per heavy atom. The molecular weight excluding hydrogens is 176 g/mol. The summed E-state index contributed by atoms with van der Waals surface area (Å²) in [6, 6.07) is 0. The van der Waals surface area contributed by atoms with E-state index in [2.05, 4.69) is 0 Å².